The van der Waals surface area contributed by atoms with E-state index in [4.69, 9.17) is 15.6 Å². The molecule has 9 heteroatoms. The van der Waals surface area contributed by atoms with Gasteiger partial charge in [0, 0.05) is 24.3 Å². The number of aryl methyl sites for hydroxylation is 1. The molecule has 0 amide bonds. The summed E-state index contributed by atoms with van der Waals surface area (Å²) in [5.74, 6) is -0.445. The van der Waals surface area contributed by atoms with Gasteiger partial charge in [0.1, 0.15) is 11.5 Å². The molecule has 0 fully saturated rings. The zero-order valence-electron chi connectivity index (χ0n) is 15.6. The monoisotopic (exact) mass is 404 g/mol. The van der Waals surface area contributed by atoms with Gasteiger partial charge in [-0.15, -0.1) is 0 Å². The lowest BCUT2D eigenvalue weighted by Gasteiger charge is -2.16. The van der Waals surface area contributed by atoms with Crippen LogP contribution in [0, 0.1) is 12.7 Å². The quantitative estimate of drug-likeness (QED) is 0.580. The third-order valence-electron chi connectivity index (χ3n) is 4.04. The van der Waals surface area contributed by atoms with Crippen LogP contribution >= 0.6 is 0 Å². The number of hydrogen-bond acceptors (Lipinski definition) is 6. The van der Waals surface area contributed by atoms with Crippen molar-refractivity contribution in [3.63, 3.8) is 0 Å². The minimum Gasteiger partial charge on any atom is -0.477 e. The first-order valence-corrected chi connectivity index (χ1v) is 8.83. The van der Waals surface area contributed by atoms with Crippen LogP contribution in [0.3, 0.4) is 0 Å². The van der Waals surface area contributed by atoms with Crippen molar-refractivity contribution < 1.29 is 23.0 Å². The van der Waals surface area contributed by atoms with Crippen molar-refractivity contribution in [1.82, 2.24) is 15.0 Å². The van der Waals surface area contributed by atoms with E-state index in [1.165, 1.54) is 30.3 Å². The molecule has 3 rings (SSSR count). The number of nitrogens with two attached hydrogens (primary N) is 1. The van der Waals surface area contributed by atoms with Crippen molar-refractivity contribution in [2.24, 2.45) is 0 Å². The molecule has 2 heterocycles. The van der Waals surface area contributed by atoms with Gasteiger partial charge in [0.05, 0.1) is 17.9 Å². The fourth-order valence-corrected chi connectivity index (χ4v) is 2.82. The van der Waals surface area contributed by atoms with Crippen LogP contribution in [0.5, 0.6) is 5.88 Å². The van der Waals surface area contributed by atoms with Crippen LogP contribution in [-0.2, 0) is 0 Å². The molecule has 0 atom stereocenters. The summed E-state index contributed by atoms with van der Waals surface area (Å²) < 4.78 is 45.7. The molecule has 1 aromatic carbocycles. The number of alkyl halides is 2. The number of benzene rings is 1. The molecule has 0 aliphatic rings. The molecule has 6 nitrogen and oxygen atoms in total. The molecule has 0 saturated heterocycles. The molecule has 29 heavy (non-hydrogen) atoms. The smallest absolute Gasteiger partial charge is 0.280 e. The van der Waals surface area contributed by atoms with Crippen molar-refractivity contribution in [2.75, 3.05) is 18.9 Å². The Morgan fingerprint density at radius 2 is 1.79 bits per heavy atom. The Bertz CT molecular complexity index is 998. The van der Waals surface area contributed by atoms with Crippen molar-refractivity contribution in [3.05, 3.63) is 53.6 Å². The maximum atomic E-state index is 13.4. The van der Waals surface area contributed by atoms with Crippen LogP contribution in [0.4, 0.5) is 19.1 Å². The van der Waals surface area contributed by atoms with Crippen molar-refractivity contribution in [1.29, 1.82) is 0 Å². The lowest BCUT2D eigenvalue weighted by molar-refractivity contribution is 0.146. The van der Waals surface area contributed by atoms with Gasteiger partial charge in [-0.25, -0.2) is 18.2 Å². The first kappa shape index (κ1) is 20.5. The highest BCUT2D eigenvalue weighted by atomic mass is 19.3. The van der Waals surface area contributed by atoms with E-state index in [9.17, 15) is 13.2 Å². The van der Waals surface area contributed by atoms with Crippen LogP contribution in [0.2, 0.25) is 0 Å². The van der Waals surface area contributed by atoms with E-state index >= 15 is 0 Å². The minimum absolute atomic E-state index is 0.0797. The van der Waals surface area contributed by atoms with E-state index in [0.29, 0.717) is 34.5 Å². The van der Waals surface area contributed by atoms with Crippen LogP contribution in [-0.4, -0.2) is 33.3 Å². The SMILES string of the molecule is Cc1cc(-c2c(OCCCO)nc(N)nc2-c2ccc(F)cc2)cc(C(F)F)n1. The molecule has 2 aromatic heterocycles. The van der Waals surface area contributed by atoms with Gasteiger partial charge in [-0.2, -0.15) is 4.98 Å². The maximum Gasteiger partial charge on any atom is 0.280 e. The van der Waals surface area contributed by atoms with Crippen molar-refractivity contribution in [2.45, 2.75) is 19.8 Å². The summed E-state index contributed by atoms with van der Waals surface area (Å²) in [7, 11) is 0. The highest BCUT2D eigenvalue weighted by Gasteiger charge is 2.21. The standard InChI is InChI=1S/C20H19F3N4O2/c1-11-9-13(10-15(25-11)18(22)23)16-17(12-3-5-14(21)6-4-12)26-20(24)27-19(16)29-8-2-7-28/h3-6,9-10,18,28H,2,7-8H2,1H3,(H2,24,26,27). The molecular weight excluding hydrogens is 385 g/mol. The van der Waals surface area contributed by atoms with Crippen LogP contribution in [0.15, 0.2) is 36.4 Å². The van der Waals surface area contributed by atoms with E-state index in [1.54, 1.807) is 13.0 Å². The number of nitrogens with zero attached hydrogens (tertiary/aromatic N) is 3. The molecule has 3 aromatic rings. The number of rotatable bonds is 7. The largest absolute Gasteiger partial charge is 0.477 e. The zero-order valence-corrected chi connectivity index (χ0v) is 15.6. The third-order valence-corrected chi connectivity index (χ3v) is 4.04. The molecule has 0 saturated carbocycles. The molecule has 0 unspecified atom stereocenters. The molecular formula is C20H19F3N4O2. The van der Waals surface area contributed by atoms with Gasteiger partial charge < -0.3 is 15.6 Å². The molecule has 0 spiro atoms. The predicted molar refractivity (Wildman–Crippen MR) is 102 cm³/mol. The fourth-order valence-electron chi connectivity index (χ4n) is 2.82. The molecule has 0 aliphatic carbocycles. The summed E-state index contributed by atoms with van der Waals surface area (Å²) in [4.78, 5) is 12.2. The fraction of sp³-hybridized carbons (Fsp3) is 0.250. The summed E-state index contributed by atoms with van der Waals surface area (Å²) >= 11 is 0. The highest BCUT2D eigenvalue weighted by molar-refractivity contribution is 5.85. The maximum absolute atomic E-state index is 13.4. The second-order valence-corrected chi connectivity index (χ2v) is 6.27. The normalized spacial score (nSPS) is 11.1. The molecule has 0 bridgehead atoms. The summed E-state index contributed by atoms with van der Waals surface area (Å²) in [5.41, 5.74) is 7.32. The van der Waals surface area contributed by atoms with E-state index < -0.39 is 17.9 Å². The van der Waals surface area contributed by atoms with Gasteiger partial charge >= 0.3 is 0 Å². The zero-order chi connectivity index (χ0) is 21.0. The van der Waals surface area contributed by atoms with Gasteiger partial charge in [0.2, 0.25) is 11.8 Å². The molecule has 0 radical (unpaired) electrons. The Morgan fingerprint density at radius 3 is 2.45 bits per heavy atom. The number of hydrogen-bond donors (Lipinski definition) is 2. The highest BCUT2D eigenvalue weighted by Crippen LogP contribution is 2.39. The van der Waals surface area contributed by atoms with Crippen molar-refractivity contribution >= 4 is 5.95 Å². The van der Waals surface area contributed by atoms with E-state index in [0.717, 1.165) is 0 Å². The van der Waals surface area contributed by atoms with Gasteiger partial charge in [0.15, 0.2) is 0 Å². The Hall–Kier alpha value is -3.20. The lowest BCUT2D eigenvalue weighted by atomic mass is 9.99. The first-order valence-electron chi connectivity index (χ1n) is 8.83. The Balaban J connectivity index is 2.25. The average molecular weight is 404 g/mol. The summed E-state index contributed by atoms with van der Waals surface area (Å²) in [5, 5.41) is 9.01. The minimum atomic E-state index is -2.77. The summed E-state index contributed by atoms with van der Waals surface area (Å²) in [6.45, 7) is 1.64. The van der Waals surface area contributed by atoms with Crippen LogP contribution in [0.1, 0.15) is 24.2 Å². The number of anilines is 1. The Morgan fingerprint density at radius 1 is 1.07 bits per heavy atom. The summed E-state index contributed by atoms with van der Waals surface area (Å²) in [6, 6.07) is 8.35. The van der Waals surface area contributed by atoms with E-state index in [-0.39, 0.29) is 25.0 Å². The number of aliphatic hydroxyl groups excluding tert-OH is 1. The number of aromatic nitrogens is 3. The number of halogens is 3. The molecule has 3 N–H and O–H groups in total. The average Bonchev–Trinajstić information content (AvgIpc) is 2.67. The van der Waals surface area contributed by atoms with E-state index in [1.807, 2.05) is 0 Å². The van der Waals surface area contributed by atoms with Crippen LogP contribution < -0.4 is 10.5 Å². The van der Waals surface area contributed by atoms with Gasteiger partial charge in [-0.05, 0) is 48.9 Å². The lowest BCUT2D eigenvalue weighted by Crippen LogP contribution is -2.08. The topological polar surface area (TPSA) is 94.2 Å². The Kier molecular flexibility index (Phi) is 6.28. The molecule has 152 valence electrons. The van der Waals surface area contributed by atoms with Crippen molar-refractivity contribution in [3.8, 4) is 28.3 Å². The van der Waals surface area contributed by atoms with Gasteiger partial charge in [-0.1, -0.05) is 0 Å². The predicted octanol–water partition coefficient (Wildman–Crippen LogP) is 3.93. The number of nitrogen functional groups attached to an aromatic ring is 1. The first-order chi connectivity index (χ1) is 13.9. The number of ether oxygens (including phenoxy) is 1. The van der Waals surface area contributed by atoms with Crippen LogP contribution in [0.25, 0.3) is 22.4 Å². The summed E-state index contributed by atoms with van der Waals surface area (Å²) in [6.07, 6.45) is -2.43. The number of pyridine rings is 1. The Labute approximate surface area is 165 Å². The molecule has 0 aliphatic heterocycles. The second-order valence-electron chi connectivity index (χ2n) is 6.27. The third kappa shape index (κ3) is 4.80. The van der Waals surface area contributed by atoms with Gasteiger partial charge in [-0.3, -0.25) is 4.98 Å². The van der Waals surface area contributed by atoms with E-state index in [2.05, 4.69) is 15.0 Å². The number of aliphatic hydroxyl groups is 1. The second kappa shape index (κ2) is 8.87. The van der Waals surface area contributed by atoms with Gasteiger partial charge in [0.25, 0.3) is 6.43 Å².